The molecule has 0 saturated carbocycles. The van der Waals surface area contributed by atoms with E-state index in [1.165, 1.54) is 29.7 Å². The predicted octanol–water partition coefficient (Wildman–Crippen LogP) is 4.97. The molecule has 1 heterocycles. The average Bonchev–Trinajstić information content (AvgIpc) is 2.86. The number of fused-ring (bicyclic) bond motifs is 1. The fourth-order valence-electron chi connectivity index (χ4n) is 2.91. The summed E-state index contributed by atoms with van der Waals surface area (Å²) in [6.07, 6.45) is 2.45. The molecular formula is C16H19NS. The van der Waals surface area contributed by atoms with Crippen LogP contribution in [0.5, 0.6) is 0 Å². The van der Waals surface area contributed by atoms with E-state index < -0.39 is 0 Å². The molecule has 18 heavy (non-hydrogen) atoms. The van der Waals surface area contributed by atoms with Crippen LogP contribution in [0.25, 0.3) is 0 Å². The number of nitrogens with one attached hydrogen (secondary N) is 1. The lowest BCUT2D eigenvalue weighted by atomic mass is 9.71. The lowest BCUT2D eigenvalue weighted by Gasteiger charge is -2.37. The number of anilines is 1. The summed E-state index contributed by atoms with van der Waals surface area (Å²) in [6.45, 7) is 4.71. The lowest BCUT2D eigenvalue weighted by molar-refractivity contribution is 0.406. The smallest absolute Gasteiger partial charge is 0.0517 e. The molecule has 0 bridgehead atoms. The third-order valence-corrected chi connectivity index (χ3v) is 4.67. The Labute approximate surface area is 113 Å². The molecule has 1 N–H and O–H groups in total. The highest BCUT2D eigenvalue weighted by Gasteiger charge is 2.32. The maximum absolute atomic E-state index is 3.67. The molecule has 94 valence electrons. The summed E-state index contributed by atoms with van der Waals surface area (Å²) in [5, 5.41) is 7.97. The fraction of sp³-hybridized carbons (Fsp3) is 0.375. The molecule has 0 spiro atoms. The molecule has 1 nitrogen and oxygen atoms in total. The summed E-state index contributed by atoms with van der Waals surface area (Å²) in [6, 6.07) is 11.5. The summed E-state index contributed by atoms with van der Waals surface area (Å²) >= 11 is 1.75. The number of hydrogen-bond acceptors (Lipinski definition) is 2. The van der Waals surface area contributed by atoms with E-state index in [0.29, 0.717) is 11.5 Å². The normalized spacial score (nSPS) is 21.3. The first kappa shape index (κ1) is 11.8. The van der Waals surface area contributed by atoms with Crippen molar-refractivity contribution >= 4 is 17.0 Å². The lowest BCUT2D eigenvalue weighted by Crippen LogP contribution is -2.28. The first-order chi connectivity index (χ1) is 8.67. The molecule has 0 saturated heterocycles. The Morgan fingerprint density at radius 1 is 1.22 bits per heavy atom. The Hall–Kier alpha value is -1.28. The third kappa shape index (κ3) is 2.05. The maximum Gasteiger partial charge on any atom is 0.0517 e. The zero-order chi connectivity index (χ0) is 12.6. The van der Waals surface area contributed by atoms with Gasteiger partial charge in [0.15, 0.2) is 0 Å². The third-order valence-electron chi connectivity index (χ3n) is 3.99. The second kappa shape index (κ2) is 4.43. The Bertz CT molecular complexity index is 528. The van der Waals surface area contributed by atoms with Crippen LogP contribution in [0.2, 0.25) is 0 Å². The van der Waals surface area contributed by atoms with Gasteiger partial charge in [0.25, 0.3) is 0 Å². The van der Waals surface area contributed by atoms with Crippen molar-refractivity contribution in [2.24, 2.45) is 0 Å². The summed E-state index contributed by atoms with van der Waals surface area (Å²) in [7, 11) is 0. The van der Waals surface area contributed by atoms with Crippen molar-refractivity contribution in [1.29, 1.82) is 0 Å². The topological polar surface area (TPSA) is 12.0 Å². The van der Waals surface area contributed by atoms with Gasteiger partial charge in [0.1, 0.15) is 0 Å². The van der Waals surface area contributed by atoms with Gasteiger partial charge in [-0.2, -0.15) is 11.3 Å². The van der Waals surface area contributed by atoms with Crippen LogP contribution in [-0.4, -0.2) is 0 Å². The van der Waals surface area contributed by atoms with Crippen LogP contribution < -0.4 is 5.32 Å². The van der Waals surface area contributed by atoms with Crippen LogP contribution in [0.15, 0.2) is 41.1 Å². The van der Waals surface area contributed by atoms with E-state index in [1.807, 2.05) is 0 Å². The van der Waals surface area contributed by atoms with Crippen molar-refractivity contribution < 1.29 is 0 Å². The molecule has 1 aromatic carbocycles. The monoisotopic (exact) mass is 257 g/mol. The molecule has 0 fully saturated rings. The largest absolute Gasteiger partial charge is 0.378 e. The molecule has 1 atom stereocenters. The van der Waals surface area contributed by atoms with Gasteiger partial charge in [-0.1, -0.05) is 38.1 Å². The molecule has 0 radical (unpaired) electrons. The van der Waals surface area contributed by atoms with Gasteiger partial charge in [0.2, 0.25) is 0 Å². The predicted molar refractivity (Wildman–Crippen MR) is 79.4 cm³/mol. The summed E-state index contributed by atoms with van der Waals surface area (Å²) < 4.78 is 0. The van der Waals surface area contributed by atoms with E-state index in [9.17, 15) is 0 Å². The van der Waals surface area contributed by atoms with Crippen LogP contribution in [0.4, 0.5) is 5.69 Å². The Kier molecular flexibility index (Phi) is 2.90. The van der Waals surface area contributed by atoms with Crippen molar-refractivity contribution in [3.63, 3.8) is 0 Å². The zero-order valence-electron chi connectivity index (χ0n) is 10.9. The van der Waals surface area contributed by atoms with Gasteiger partial charge in [-0.05, 0) is 40.8 Å². The summed E-state index contributed by atoms with van der Waals surface area (Å²) in [5.74, 6) is 0. The minimum atomic E-state index is 0.309. The first-order valence-electron chi connectivity index (χ1n) is 6.55. The highest BCUT2D eigenvalue weighted by atomic mass is 32.1. The van der Waals surface area contributed by atoms with Crippen molar-refractivity contribution in [2.75, 3.05) is 5.32 Å². The zero-order valence-corrected chi connectivity index (χ0v) is 11.8. The molecular weight excluding hydrogens is 238 g/mol. The number of benzene rings is 1. The SMILES string of the molecule is CC1(C)CCC(Nc2ccsc2)c2ccccc21. The van der Waals surface area contributed by atoms with E-state index in [2.05, 4.69) is 60.3 Å². The van der Waals surface area contributed by atoms with Crippen LogP contribution in [-0.2, 0) is 5.41 Å². The van der Waals surface area contributed by atoms with Gasteiger partial charge in [-0.25, -0.2) is 0 Å². The minimum absolute atomic E-state index is 0.309. The number of rotatable bonds is 2. The molecule has 3 rings (SSSR count). The van der Waals surface area contributed by atoms with Crippen LogP contribution >= 0.6 is 11.3 Å². The maximum atomic E-state index is 3.67. The van der Waals surface area contributed by atoms with E-state index in [4.69, 9.17) is 0 Å². The molecule has 0 aliphatic heterocycles. The highest BCUT2D eigenvalue weighted by Crippen LogP contribution is 2.42. The van der Waals surface area contributed by atoms with Crippen molar-refractivity contribution in [3.8, 4) is 0 Å². The fourth-order valence-corrected chi connectivity index (χ4v) is 3.51. The first-order valence-corrected chi connectivity index (χ1v) is 7.49. The molecule has 2 heteroatoms. The van der Waals surface area contributed by atoms with Crippen LogP contribution in [0.1, 0.15) is 43.9 Å². The van der Waals surface area contributed by atoms with E-state index >= 15 is 0 Å². The molecule has 1 aliphatic rings. The van der Waals surface area contributed by atoms with E-state index in [0.717, 1.165) is 0 Å². The van der Waals surface area contributed by atoms with Crippen LogP contribution in [0, 0.1) is 0 Å². The molecule has 2 aromatic rings. The van der Waals surface area contributed by atoms with Gasteiger partial charge in [0, 0.05) is 11.1 Å². The second-order valence-electron chi connectivity index (χ2n) is 5.72. The Morgan fingerprint density at radius 2 is 2.06 bits per heavy atom. The van der Waals surface area contributed by atoms with Gasteiger partial charge < -0.3 is 5.32 Å². The Morgan fingerprint density at radius 3 is 2.83 bits per heavy atom. The van der Waals surface area contributed by atoms with Crippen molar-refractivity contribution in [1.82, 2.24) is 0 Å². The highest BCUT2D eigenvalue weighted by molar-refractivity contribution is 7.08. The van der Waals surface area contributed by atoms with Crippen molar-refractivity contribution in [3.05, 3.63) is 52.2 Å². The van der Waals surface area contributed by atoms with Gasteiger partial charge in [-0.15, -0.1) is 0 Å². The Balaban J connectivity index is 1.94. The second-order valence-corrected chi connectivity index (χ2v) is 6.50. The molecule has 1 aliphatic carbocycles. The molecule has 1 aromatic heterocycles. The minimum Gasteiger partial charge on any atom is -0.378 e. The van der Waals surface area contributed by atoms with Crippen molar-refractivity contribution in [2.45, 2.75) is 38.1 Å². The van der Waals surface area contributed by atoms with E-state index in [1.54, 1.807) is 11.3 Å². The summed E-state index contributed by atoms with van der Waals surface area (Å²) in [5.41, 5.74) is 4.53. The van der Waals surface area contributed by atoms with E-state index in [-0.39, 0.29) is 0 Å². The van der Waals surface area contributed by atoms with Gasteiger partial charge in [-0.3, -0.25) is 0 Å². The summed E-state index contributed by atoms with van der Waals surface area (Å²) in [4.78, 5) is 0. The molecule has 0 amide bonds. The quantitative estimate of drug-likeness (QED) is 0.800. The van der Waals surface area contributed by atoms with Gasteiger partial charge >= 0.3 is 0 Å². The standard InChI is InChI=1S/C16H19NS/c1-16(2)9-7-15(17-12-8-10-18-11-12)13-5-3-4-6-14(13)16/h3-6,8,10-11,15,17H,7,9H2,1-2H3. The molecule has 1 unspecified atom stereocenters. The number of hydrogen-bond donors (Lipinski definition) is 1. The van der Waals surface area contributed by atoms with Gasteiger partial charge in [0.05, 0.1) is 6.04 Å². The average molecular weight is 257 g/mol. The number of thiophene rings is 1. The van der Waals surface area contributed by atoms with Crippen LogP contribution in [0.3, 0.4) is 0 Å².